The monoisotopic (exact) mass is 267 g/mol. The standard InChI is InChI=1S/C14H18FNO3/c1-9-5-10(2)7-11(6-9)3-4-13(17)16-12(8-15)14(18)19/h5-7,12H,3-4,8H2,1-2H3,(H,16,17)(H,18,19). The van der Waals surface area contributed by atoms with Gasteiger partial charge in [-0.1, -0.05) is 29.3 Å². The van der Waals surface area contributed by atoms with Crippen LogP contribution in [0.2, 0.25) is 0 Å². The van der Waals surface area contributed by atoms with E-state index >= 15 is 0 Å². The van der Waals surface area contributed by atoms with Crippen LogP contribution >= 0.6 is 0 Å². The van der Waals surface area contributed by atoms with Crippen molar-refractivity contribution in [2.45, 2.75) is 32.7 Å². The number of amides is 1. The van der Waals surface area contributed by atoms with E-state index in [9.17, 15) is 14.0 Å². The Bertz CT molecular complexity index is 454. The zero-order valence-electron chi connectivity index (χ0n) is 11.1. The number of aryl methyl sites for hydroxylation is 3. The van der Waals surface area contributed by atoms with E-state index in [4.69, 9.17) is 5.11 Å². The molecule has 1 aromatic carbocycles. The van der Waals surface area contributed by atoms with Crippen LogP contribution in [0, 0.1) is 13.8 Å². The van der Waals surface area contributed by atoms with Gasteiger partial charge in [0.1, 0.15) is 6.67 Å². The number of benzene rings is 1. The lowest BCUT2D eigenvalue weighted by Crippen LogP contribution is -2.42. The molecule has 1 atom stereocenters. The van der Waals surface area contributed by atoms with Gasteiger partial charge in [0.25, 0.3) is 0 Å². The van der Waals surface area contributed by atoms with Gasteiger partial charge in [0.05, 0.1) is 0 Å². The number of hydrogen-bond donors (Lipinski definition) is 2. The Hall–Kier alpha value is -1.91. The van der Waals surface area contributed by atoms with Crippen LogP contribution in [0.3, 0.4) is 0 Å². The van der Waals surface area contributed by atoms with E-state index in [0.29, 0.717) is 6.42 Å². The SMILES string of the molecule is Cc1cc(C)cc(CCC(=O)NC(CF)C(=O)O)c1. The van der Waals surface area contributed by atoms with Gasteiger partial charge in [0.2, 0.25) is 5.91 Å². The van der Waals surface area contributed by atoms with E-state index in [-0.39, 0.29) is 6.42 Å². The minimum atomic E-state index is -1.45. The van der Waals surface area contributed by atoms with Crippen molar-refractivity contribution in [2.24, 2.45) is 0 Å². The number of nitrogens with one attached hydrogen (secondary N) is 1. The van der Waals surface area contributed by atoms with E-state index in [2.05, 4.69) is 5.32 Å². The molecule has 0 saturated heterocycles. The van der Waals surface area contributed by atoms with Crippen LogP contribution in [0.15, 0.2) is 18.2 Å². The summed E-state index contributed by atoms with van der Waals surface area (Å²) >= 11 is 0. The molecule has 0 aliphatic rings. The first-order valence-electron chi connectivity index (χ1n) is 6.07. The third kappa shape index (κ3) is 5.07. The molecular weight excluding hydrogens is 249 g/mol. The Morgan fingerprint density at radius 2 is 1.84 bits per heavy atom. The first kappa shape index (κ1) is 15.1. The second-order valence-corrected chi connectivity index (χ2v) is 4.61. The predicted molar refractivity (Wildman–Crippen MR) is 69.8 cm³/mol. The highest BCUT2D eigenvalue weighted by atomic mass is 19.1. The van der Waals surface area contributed by atoms with Gasteiger partial charge in [0.15, 0.2) is 6.04 Å². The van der Waals surface area contributed by atoms with Gasteiger partial charge in [-0.25, -0.2) is 9.18 Å². The highest BCUT2D eigenvalue weighted by Crippen LogP contribution is 2.10. The summed E-state index contributed by atoms with van der Waals surface area (Å²) in [7, 11) is 0. The largest absolute Gasteiger partial charge is 0.480 e. The lowest BCUT2D eigenvalue weighted by Gasteiger charge is -2.11. The first-order chi connectivity index (χ1) is 8.92. The van der Waals surface area contributed by atoms with Crippen LogP contribution in [-0.2, 0) is 16.0 Å². The molecule has 5 heteroatoms. The molecule has 0 aromatic heterocycles. The molecule has 1 rings (SSSR count). The highest BCUT2D eigenvalue weighted by molar-refractivity contribution is 5.83. The van der Waals surface area contributed by atoms with Gasteiger partial charge in [-0.2, -0.15) is 0 Å². The van der Waals surface area contributed by atoms with E-state index in [1.165, 1.54) is 0 Å². The van der Waals surface area contributed by atoms with Gasteiger partial charge in [0, 0.05) is 6.42 Å². The summed E-state index contributed by atoms with van der Waals surface area (Å²) in [5, 5.41) is 10.8. The predicted octanol–water partition coefficient (Wildman–Crippen LogP) is 1.77. The number of carbonyl (C=O) groups excluding carboxylic acids is 1. The zero-order valence-corrected chi connectivity index (χ0v) is 11.1. The molecule has 0 aliphatic carbocycles. The minimum Gasteiger partial charge on any atom is -0.480 e. The van der Waals surface area contributed by atoms with Crippen molar-refractivity contribution >= 4 is 11.9 Å². The van der Waals surface area contributed by atoms with Crippen molar-refractivity contribution in [1.29, 1.82) is 0 Å². The molecule has 19 heavy (non-hydrogen) atoms. The van der Waals surface area contributed by atoms with Gasteiger partial charge < -0.3 is 10.4 Å². The molecule has 104 valence electrons. The molecule has 0 aliphatic heterocycles. The molecule has 0 saturated carbocycles. The highest BCUT2D eigenvalue weighted by Gasteiger charge is 2.19. The minimum absolute atomic E-state index is 0.146. The van der Waals surface area contributed by atoms with Gasteiger partial charge in [-0.3, -0.25) is 4.79 Å². The Labute approximate surface area is 111 Å². The topological polar surface area (TPSA) is 66.4 Å². The van der Waals surface area contributed by atoms with Crippen LogP contribution in [0.1, 0.15) is 23.1 Å². The summed E-state index contributed by atoms with van der Waals surface area (Å²) in [4.78, 5) is 22.1. The molecule has 0 bridgehead atoms. The zero-order chi connectivity index (χ0) is 14.4. The van der Waals surface area contributed by atoms with Gasteiger partial charge >= 0.3 is 5.97 Å². The molecule has 1 aromatic rings. The van der Waals surface area contributed by atoms with Crippen LogP contribution in [-0.4, -0.2) is 29.7 Å². The molecule has 0 fully saturated rings. The summed E-state index contributed by atoms with van der Waals surface area (Å²) in [6, 6.07) is 4.54. The lowest BCUT2D eigenvalue weighted by atomic mass is 10.0. The number of rotatable bonds is 6. The van der Waals surface area contributed by atoms with Crippen molar-refractivity contribution in [3.63, 3.8) is 0 Å². The maximum absolute atomic E-state index is 12.3. The lowest BCUT2D eigenvalue weighted by molar-refractivity contribution is -0.142. The Morgan fingerprint density at radius 3 is 2.32 bits per heavy atom. The van der Waals surface area contributed by atoms with E-state index in [0.717, 1.165) is 16.7 Å². The number of carboxylic acids is 1. The third-order valence-electron chi connectivity index (χ3n) is 2.71. The van der Waals surface area contributed by atoms with Crippen LogP contribution in [0.5, 0.6) is 0 Å². The maximum Gasteiger partial charge on any atom is 0.328 e. The average Bonchev–Trinajstić information content (AvgIpc) is 2.32. The van der Waals surface area contributed by atoms with E-state index in [1.807, 2.05) is 32.0 Å². The van der Waals surface area contributed by atoms with Crippen molar-refractivity contribution in [2.75, 3.05) is 6.67 Å². The number of carbonyl (C=O) groups is 2. The van der Waals surface area contributed by atoms with Gasteiger partial charge in [-0.15, -0.1) is 0 Å². The normalized spacial score (nSPS) is 11.9. The fourth-order valence-corrected chi connectivity index (χ4v) is 1.90. The molecule has 4 nitrogen and oxygen atoms in total. The van der Waals surface area contributed by atoms with Gasteiger partial charge in [-0.05, 0) is 25.8 Å². The van der Waals surface area contributed by atoms with Crippen molar-refractivity contribution in [1.82, 2.24) is 5.32 Å². The quantitative estimate of drug-likeness (QED) is 0.825. The summed E-state index contributed by atoms with van der Waals surface area (Å²) in [5.74, 6) is -1.81. The summed E-state index contributed by atoms with van der Waals surface area (Å²) in [6.07, 6.45) is 0.652. The van der Waals surface area contributed by atoms with Crippen LogP contribution in [0.4, 0.5) is 4.39 Å². The fraction of sp³-hybridized carbons (Fsp3) is 0.429. The maximum atomic E-state index is 12.3. The molecular formula is C14H18FNO3. The van der Waals surface area contributed by atoms with Crippen LogP contribution < -0.4 is 5.32 Å². The summed E-state index contributed by atoms with van der Waals surface area (Å²) in [6.45, 7) is 2.84. The summed E-state index contributed by atoms with van der Waals surface area (Å²) < 4.78 is 12.3. The van der Waals surface area contributed by atoms with Crippen molar-refractivity contribution in [3.8, 4) is 0 Å². The second kappa shape index (κ2) is 6.87. The number of halogens is 1. The van der Waals surface area contributed by atoms with E-state index < -0.39 is 24.6 Å². The number of hydrogen-bond acceptors (Lipinski definition) is 2. The van der Waals surface area contributed by atoms with Crippen molar-refractivity contribution < 1.29 is 19.1 Å². The second-order valence-electron chi connectivity index (χ2n) is 4.61. The van der Waals surface area contributed by atoms with E-state index in [1.54, 1.807) is 0 Å². The average molecular weight is 267 g/mol. The number of alkyl halides is 1. The molecule has 1 unspecified atom stereocenters. The molecule has 0 spiro atoms. The molecule has 1 amide bonds. The van der Waals surface area contributed by atoms with Crippen LogP contribution in [0.25, 0.3) is 0 Å². The Balaban J connectivity index is 2.52. The number of carboxylic acid groups (broad SMARTS) is 1. The fourth-order valence-electron chi connectivity index (χ4n) is 1.90. The summed E-state index contributed by atoms with van der Waals surface area (Å²) in [5.41, 5.74) is 3.24. The number of aliphatic carboxylic acids is 1. The first-order valence-corrected chi connectivity index (χ1v) is 6.07. The Kier molecular flexibility index (Phi) is 5.48. The van der Waals surface area contributed by atoms with Crippen molar-refractivity contribution in [3.05, 3.63) is 34.9 Å². The Morgan fingerprint density at radius 1 is 1.26 bits per heavy atom. The third-order valence-corrected chi connectivity index (χ3v) is 2.71. The molecule has 0 heterocycles. The smallest absolute Gasteiger partial charge is 0.328 e. The molecule has 2 N–H and O–H groups in total. The molecule has 0 radical (unpaired) electrons.